The number of oxime groups is 1. The van der Waals surface area contributed by atoms with E-state index in [1.807, 2.05) is 54.3 Å². The van der Waals surface area contributed by atoms with Crippen LogP contribution in [0, 0.1) is 17.8 Å². The Labute approximate surface area is 428 Å². The van der Waals surface area contributed by atoms with Gasteiger partial charge < -0.3 is 34.0 Å². The molecule has 1 heterocycles. The molecule has 11 heteroatoms. The number of unbranched alkanes of at least 4 members (excludes halogenated alkanes) is 11. The Hall–Kier alpha value is -4.81. The first-order chi connectivity index (χ1) is 34.9. The van der Waals surface area contributed by atoms with Crippen molar-refractivity contribution < 1.29 is 38.8 Å². The van der Waals surface area contributed by atoms with Crippen molar-refractivity contribution in [3.8, 4) is 17.2 Å². The molecule has 0 spiro atoms. The van der Waals surface area contributed by atoms with Crippen molar-refractivity contribution in [1.29, 1.82) is 0 Å². The van der Waals surface area contributed by atoms with Crippen molar-refractivity contribution in [2.45, 2.75) is 152 Å². The van der Waals surface area contributed by atoms with E-state index in [0.29, 0.717) is 37.6 Å². The second-order valence-electron chi connectivity index (χ2n) is 19.5. The summed E-state index contributed by atoms with van der Waals surface area (Å²) in [6.45, 7) is 9.62. The average molecular weight is 989 g/mol. The summed E-state index contributed by atoms with van der Waals surface area (Å²) in [6.07, 6.45) is 22.6. The standard InChI is InChI=1S/C60H80N2O8S/c1-5-8-9-10-11-12-13-14-15-22-39-66-59(65)62(43-46-27-23-26-44-24-16-17-28-50(44)46)56-42-54(61-68-7-3)52-40-45(25-18-20-36-63)51(29-19-21-37-64)57-53-41-48(69-47-30-33-49(71-4)34-31-47)32-35-55(53)70-60(56,58(52)57)67-38-6-2/h6,16-17,23-24,26-28,30-35,40-41,45,51,56-58,63-64H,2,5,7-15,18-22,25,29,36-39,42-43H2,1,3-4H3. The lowest BCUT2D eigenvalue weighted by molar-refractivity contribution is -0.256. The van der Waals surface area contributed by atoms with Crippen LogP contribution in [-0.2, 0) is 20.9 Å². The van der Waals surface area contributed by atoms with Gasteiger partial charge in [0, 0.05) is 36.0 Å². The zero-order valence-electron chi connectivity index (χ0n) is 42.7. The second-order valence-corrected chi connectivity index (χ2v) is 20.4. The number of carbonyl (C=O) groups is 1. The number of rotatable bonds is 30. The molecule has 7 rings (SSSR count). The van der Waals surface area contributed by atoms with Gasteiger partial charge in [0.1, 0.15) is 29.9 Å². The van der Waals surface area contributed by atoms with Crippen LogP contribution in [0.5, 0.6) is 17.2 Å². The monoisotopic (exact) mass is 989 g/mol. The fraction of sp³-hybridized carbons (Fsp3) is 0.533. The van der Waals surface area contributed by atoms with E-state index < -0.39 is 23.8 Å². The molecule has 3 aliphatic rings. The third-order valence-electron chi connectivity index (χ3n) is 14.8. The summed E-state index contributed by atoms with van der Waals surface area (Å²) in [5.41, 5.74) is 3.73. The van der Waals surface area contributed by atoms with E-state index in [9.17, 15) is 10.2 Å². The predicted molar refractivity (Wildman–Crippen MR) is 288 cm³/mol. The number of thioether (sulfide) groups is 1. The molecule has 6 atom stereocenters. The molecule has 0 radical (unpaired) electrons. The topological polar surface area (TPSA) is 119 Å². The third-order valence-corrected chi connectivity index (χ3v) is 15.5. The minimum atomic E-state index is -1.43. The first-order valence-corrected chi connectivity index (χ1v) is 28.0. The van der Waals surface area contributed by atoms with E-state index in [2.05, 4.69) is 68.3 Å². The number of benzene rings is 4. The Morgan fingerprint density at radius 2 is 1.55 bits per heavy atom. The lowest BCUT2D eigenvalue weighted by Gasteiger charge is -2.59. The summed E-state index contributed by atoms with van der Waals surface area (Å²) in [4.78, 5) is 24.3. The van der Waals surface area contributed by atoms with Gasteiger partial charge in [-0.1, -0.05) is 137 Å². The van der Waals surface area contributed by atoms with Gasteiger partial charge in [0.15, 0.2) is 0 Å². The van der Waals surface area contributed by atoms with Crippen molar-refractivity contribution in [3.05, 3.63) is 120 Å². The van der Waals surface area contributed by atoms with Crippen LogP contribution < -0.4 is 9.47 Å². The van der Waals surface area contributed by atoms with E-state index in [4.69, 9.17) is 28.9 Å². The van der Waals surface area contributed by atoms with Crippen LogP contribution in [0.1, 0.15) is 140 Å². The number of nitrogens with zero attached hydrogens (tertiary/aromatic N) is 2. The van der Waals surface area contributed by atoms with Gasteiger partial charge in [-0.15, -0.1) is 18.3 Å². The molecular weight excluding hydrogens is 909 g/mol. The molecular formula is C60H80N2O8S. The van der Waals surface area contributed by atoms with E-state index in [-0.39, 0.29) is 50.5 Å². The Kier molecular flexibility index (Phi) is 21.2. The number of aliphatic hydroxyl groups is 2. The second kappa shape index (κ2) is 27.9. The van der Waals surface area contributed by atoms with Gasteiger partial charge in [-0.3, -0.25) is 4.90 Å². The molecule has 1 amide bonds. The summed E-state index contributed by atoms with van der Waals surface area (Å²) < 4.78 is 27.8. The number of fused-ring (bicyclic) bond motifs is 3. The van der Waals surface area contributed by atoms with E-state index in [1.54, 1.807) is 17.8 Å². The molecule has 1 saturated carbocycles. The van der Waals surface area contributed by atoms with Crippen molar-refractivity contribution in [2.75, 3.05) is 39.3 Å². The first-order valence-electron chi connectivity index (χ1n) is 26.8. The highest BCUT2D eigenvalue weighted by Gasteiger charge is 2.65. The van der Waals surface area contributed by atoms with Crippen molar-refractivity contribution in [3.63, 3.8) is 0 Å². The molecule has 0 aromatic heterocycles. The van der Waals surface area contributed by atoms with Crippen LogP contribution in [0.25, 0.3) is 10.8 Å². The maximum atomic E-state index is 15.3. The Balaban J connectivity index is 1.34. The van der Waals surface area contributed by atoms with Crippen LogP contribution in [-0.4, -0.2) is 78.0 Å². The van der Waals surface area contributed by atoms with Crippen molar-refractivity contribution in [1.82, 2.24) is 4.90 Å². The fourth-order valence-corrected chi connectivity index (χ4v) is 11.8. The number of hydrogen-bond donors (Lipinski definition) is 2. The molecule has 0 bridgehead atoms. The Morgan fingerprint density at radius 3 is 2.27 bits per heavy atom. The number of ether oxygens (including phenoxy) is 4. The summed E-state index contributed by atoms with van der Waals surface area (Å²) >= 11 is 1.69. The van der Waals surface area contributed by atoms with Gasteiger partial charge in [-0.05, 0) is 121 Å². The lowest BCUT2D eigenvalue weighted by atomic mass is 9.55. The molecule has 4 aromatic rings. The summed E-state index contributed by atoms with van der Waals surface area (Å²) in [5, 5.41) is 27.2. The SMILES string of the molecule is C=CCOC12Oc3ccc(Oc4ccc(SC)cc4)cc3C3C(CCCCO)C(CCCCO)C=C(C(=NOCC)CC1N(Cc1cccc4ccccc14)C(=O)OCCCCCCCCCCCC)C32. The van der Waals surface area contributed by atoms with E-state index >= 15 is 4.79 Å². The molecule has 384 valence electrons. The molecule has 0 saturated heterocycles. The third kappa shape index (κ3) is 13.6. The molecule has 6 unspecified atom stereocenters. The average Bonchev–Trinajstić information content (AvgIpc) is 3.39. The van der Waals surface area contributed by atoms with Gasteiger partial charge in [0.05, 0.1) is 31.4 Å². The van der Waals surface area contributed by atoms with Gasteiger partial charge >= 0.3 is 6.09 Å². The highest BCUT2D eigenvalue weighted by Crippen LogP contribution is 2.62. The maximum Gasteiger partial charge on any atom is 0.410 e. The van der Waals surface area contributed by atoms with Crippen LogP contribution in [0.15, 0.2) is 119 Å². The molecule has 1 fully saturated rings. The summed E-state index contributed by atoms with van der Waals surface area (Å²) in [6, 6.07) is 28.0. The number of allylic oxidation sites excluding steroid dienone is 1. The highest BCUT2D eigenvalue weighted by molar-refractivity contribution is 7.98. The number of amides is 1. The number of aliphatic hydroxyl groups excluding tert-OH is 2. The van der Waals surface area contributed by atoms with Gasteiger partial charge in [0.2, 0.25) is 5.79 Å². The largest absolute Gasteiger partial charge is 0.459 e. The quantitative estimate of drug-likeness (QED) is 0.0228. The zero-order valence-corrected chi connectivity index (χ0v) is 43.6. The summed E-state index contributed by atoms with van der Waals surface area (Å²) in [5.74, 6) is 0.188. The fourth-order valence-electron chi connectivity index (χ4n) is 11.4. The molecule has 4 aromatic carbocycles. The predicted octanol–water partition coefficient (Wildman–Crippen LogP) is 14.6. The Bertz CT molecular complexity index is 2350. The smallest absolute Gasteiger partial charge is 0.410 e. The molecule has 10 nitrogen and oxygen atoms in total. The van der Waals surface area contributed by atoms with E-state index in [1.165, 1.54) is 44.9 Å². The Morgan fingerprint density at radius 1 is 0.845 bits per heavy atom. The van der Waals surface area contributed by atoms with Gasteiger partial charge in [-0.2, -0.15) is 0 Å². The lowest BCUT2D eigenvalue weighted by Crippen LogP contribution is -2.70. The molecule has 2 N–H and O–H groups in total. The van der Waals surface area contributed by atoms with E-state index in [0.717, 1.165) is 88.8 Å². The van der Waals surface area contributed by atoms with Crippen LogP contribution >= 0.6 is 11.8 Å². The van der Waals surface area contributed by atoms with Gasteiger partial charge in [-0.25, -0.2) is 4.79 Å². The van der Waals surface area contributed by atoms with Crippen molar-refractivity contribution >= 4 is 34.3 Å². The number of hydrogen-bond acceptors (Lipinski definition) is 10. The van der Waals surface area contributed by atoms with Crippen LogP contribution in [0.3, 0.4) is 0 Å². The summed E-state index contributed by atoms with van der Waals surface area (Å²) in [7, 11) is 0. The number of carbonyl (C=O) groups excluding carboxylic acids is 1. The minimum absolute atomic E-state index is 0.0707. The molecule has 2 aliphatic carbocycles. The first kappa shape index (κ1) is 54.0. The van der Waals surface area contributed by atoms with Crippen LogP contribution in [0.4, 0.5) is 4.79 Å². The molecule has 1 aliphatic heterocycles. The van der Waals surface area contributed by atoms with Gasteiger partial charge in [0.25, 0.3) is 0 Å². The molecule has 71 heavy (non-hydrogen) atoms. The highest BCUT2D eigenvalue weighted by atomic mass is 32.2. The normalized spacial score (nSPS) is 21.7. The minimum Gasteiger partial charge on any atom is -0.459 e. The van der Waals surface area contributed by atoms with Crippen LogP contribution in [0.2, 0.25) is 0 Å². The zero-order chi connectivity index (χ0) is 49.8. The maximum absolute atomic E-state index is 15.3. The van der Waals surface area contributed by atoms with Crippen molar-refractivity contribution in [2.24, 2.45) is 22.9 Å².